The highest BCUT2D eigenvalue weighted by atomic mass is 35.5. The van der Waals surface area contributed by atoms with Crippen LogP contribution in [0.2, 0.25) is 10.2 Å². The average molecular weight is 308 g/mol. The SMILES string of the molecule is Clc1cc(Cl)c(CN2CCCNc3ccccc32)cn1. The second-order valence-corrected chi connectivity index (χ2v) is 5.61. The molecule has 20 heavy (non-hydrogen) atoms. The Balaban J connectivity index is 1.90. The summed E-state index contributed by atoms with van der Waals surface area (Å²) in [4.78, 5) is 6.45. The average Bonchev–Trinajstić information content (AvgIpc) is 2.65. The number of aromatic nitrogens is 1. The van der Waals surface area contributed by atoms with Crippen molar-refractivity contribution in [1.82, 2.24) is 4.98 Å². The molecule has 104 valence electrons. The van der Waals surface area contributed by atoms with E-state index in [1.807, 2.05) is 6.07 Å². The summed E-state index contributed by atoms with van der Waals surface area (Å²) < 4.78 is 0. The molecule has 0 radical (unpaired) electrons. The smallest absolute Gasteiger partial charge is 0.130 e. The molecule has 0 unspecified atom stereocenters. The minimum absolute atomic E-state index is 0.427. The first-order valence-corrected chi connectivity index (χ1v) is 7.37. The molecule has 2 heterocycles. The van der Waals surface area contributed by atoms with Crippen LogP contribution in [0.15, 0.2) is 36.5 Å². The van der Waals surface area contributed by atoms with Gasteiger partial charge in [0.1, 0.15) is 5.15 Å². The number of rotatable bonds is 2. The molecule has 0 bridgehead atoms. The van der Waals surface area contributed by atoms with Crippen LogP contribution in [0.1, 0.15) is 12.0 Å². The molecule has 0 saturated heterocycles. The number of fused-ring (bicyclic) bond motifs is 1. The number of nitrogens with zero attached hydrogens (tertiary/aromatic N) is 2. The van der Waals surface area contributed by atoms with Crippen molar-refractivity contribution >= 4 is 34.6 Å². The van der Waals surface area contributed by atoms with E-state index in [0.29, 0.717) is 10.2 Å². The Labute approximate surface area is 128 Å². The number of para-hydroxylation sites is 2. The molecule has 0 amide bonds. The molecule has 1 N–H and O–H groups in total. The first-order valence-electron chi connectivity index (χ1n) is 6.62. The molecule has 1 aromatic carbocycles. The van der Waals surface area contributed by atoms with Crippen molar-refractivity contribution in [1.29, 1.82) is 0 Å². The minimum Gasteiger partial charge on any atom is -0.383 e. The zero-order valence-electron chi connectivity index (χ0n) is 10.9. The molecule has 0 atom stereocenters. The fourth-order valence-corrected chi connectivity index (χ4v) is 2.86. The van der Waals surface area contributed by atoms with E-state index in [1.54, 1.807) is 12.3 Å². The van der Waals surface area contributed by atoms with Crippen LogP contribution in [0.25, 0.3) is 0 Å². The van der Waals surface area contributed by atoms with Gasteiger partial charge >= 0.3 is 0 Å². The summed E-state index contributed by atoms with van der Waals surface area (Å²) in [6, 6.07) is 10.0. The number of pyridine rings is 1. The zero-order valence-corrected chi connectivity index (χ0v) is 12.5. The Morgan fingerprint density at radius 2 is 2.10 bits per heavy atom. The largest absolute Gasteiger partial charge is 0.383 e. The fourth-order valence-electron chi connectivity index (χ4n) is 2.43. The first-order chi connectivity index (χ1) is 9.74. The molecular formula is C15H15Cl2N3. The Bertz CT molecular complexity index is 616. The van der Waals surface area contributed by atoms with Crippen LogP contribution in [0.5, 0.6) is 0 Å². The van der Waals surface area contributed by atoms with Gasteiger partial charge < -0.3 is 10.2 Å². The maximum atomic E-state index is 6.25. The monoisotopic (exact) mass is 307 g/mol. The van der Waals surface area contributed by atoms with Crippen molar-refractivity contribution in [3.05, 3.63) is 52.3 Å². The number of hydrogen-bond donors (Lipinski definition) is 1. The van der Waals surface area contributed by atoms with Gasteiger partial charge in [-0.05, 0) is 24.6 Å². The topological polar surface area (TPSA) is 28.2 Å². The van der Waals surface area contributed by atoms with Crippen molar-refractivity contribution < 1.29 is 0 Å². The summed E-state index contributed by atoms with van der Waals surface area (Å²) in [6.45, 7) is 2.71. The number of anilines is 2. The molecule has 0 saturated carbocycles. The molecule has 2 aromatic rings. The summed E-state index contributed by atoms with van der Waals surface area (Å²) in [5.41, 5.74) is 3.37. The van der Waals surface area contributed by atoms with Gasteiger partial charge in [0, 0.05) is 31.4 Å². The van der Waals surface area contributed by atoms with Crippen molar-refractivity contribution in [2.45, 2.75) is 13.0 Å². The number of hydrogen-bond acceptors (Lipinski definition) is 3. The molecule has 3 nitrogen and oxygen atoms in total. The van der Waals surface area contributed by atoms with Crippen LogP contribution in [0, 0.1) is 0 Å². The summed E-state index contributed by atoms with van der Waals surface area (Å²) in [6.07, 6.45) is 2.85. The number of nitrogens with one attached hydrogen (secondary N) is 1. The van der Waals surface area contributed by atoms with Gasteiger partial charge in [0.25, 0.3) is 0 Å². The van der Waals surface area contributed by atoms with Crippen LogP contribution in [0.3, 0.4) is 0 Å². The van der Waals surface area contributed by atoms with Crippen molar-refractivity contribution in [3.63, 3.8) is 0 Å². The van der Waals surface area contributed by atoms with E-state index >= 15 is 0 Å². The second kappa shape index (κ2) is 5.90. The number of halogens is 2. The van der Waals surface area contributed by atoms with E-state index in [2.05, 4.69) is 33.4 Å². The lowest BCUT2D eigenvalue weighted by atomic mass is 10.2. The van der Waals surface area contributed by atoms with E-state index in [0.717, 1.165) is 31.6 Å². The van der Waals surface area contributed by atoms with Crippen molar-refractivity contribution in [3.8, 4) is 0 Å². The Morgan fingerprint density at radius 1 is 1.25 bits per heavy atom. The standard InChI is InChI=1S/C15H15Cl2N3/c16-12-8-15(17)19-9-11(12)10-20-7-3-6-18-13-4-1-2-5-14(13)20/h1-2,4-5,8-9,18H,3,6-7,10H2. The highest BCUT2D eigenvalue weighted by Crippen LogP contribution is 2.30. The summed E-state index contributed by atoms with van der Waals surface area (Å²) >= 11 is 12.1. The van der Waals surface area contributed by atoms with E-state index in [9.17, 15) is 0 Å². The summed E-state index contributed by atoms with van der Waals surface area (Å²) in [7, 11) is 0. The molecule has 5 heteroatoms. The molecule has 0 aliphatic carbocycles. The van der Waals surface area contributed by atoms with Crippen LogP contribution < -0.4 is 10.2 Å². The maximum Gasteiger partial charge on any atom is 0.130 e. The van der Waals surface area contributed by atoms with Crippen LogP contribution in [-0.4, -0.2) is 18.1 Å². The molecular weight excluding hydrogens is 293 g/mol. The van der Waals surface area contributed by atoms with Crippen LogP contribution in [-0.2, 0) is 6.54 Å². The lowest BCUT2D eigenvalue weighted by molar-refractivity contribution is 0.762. The van der Waals surface area contributed by atoms with E-state index in [-0.39, 0.29) is 0 Å². The molecule has 1 aromatic heterocycles. The van der Waals surface area contributed by atoms with Gasteiger partial charge in [0.2, 0.25) is 0 Å². The highest BCUT2D eigenvalue weighted by molar-refractivity contribution is 6.34. The lowest BCUT2D eigenvalue weighted by Gasteiger charge is -2.24. The van der Waals surface area contributed by atoms with Gasteiger partial charge in [0.05, 0.1) is 16.4 Å². The van der Waals surface area contributed by atoms with Gasteiger partial charge in [0.15, 0.2) is 0 Å². The lowest BCUT2D eigenvalue weighted by Crippen LogP contribution is -2.23. The van der Waals surface area contributed by atoms with E-state index in [1.165, 1.54) is 11.4 Å². The minimum atomic E-state index is 0.427. The highest BCUT2D eigenvalue weighted by Gasteiger charge is 2.16. The van der Waals surface area contributed by atoms with Gasteiger partial charge in [-0.3, -0.25) is 0 Å². The van der Waals surface area contributed by atoms with Crippen LogP contribution >= 0.6 is 23.2 Å². The van der Waals surface area contributed by atoms with Gasteiger partial charge in [-0.15, -0.1) is 0 Å². The third-order valence-corrected chi connectivity index (χ3v) is 3.98. The van der Waals surface area contributed by atoms with E-state index < -0.39 is 0 Å². The molecule has 1 aliphatic heterocycles. The van der Waals surface area contributed by atoms with Gasteiger partial charge in [-0.1, -0.05) is 35.3 Å². The fraction of sp³-hybridized carbons (Fsp3) is 0.267. The molecule has 1 aliphatic rings. The number of benzene rings is 1. The second-order valence-electron chi connectivity index (χ2n) is 4.82. The normalized spacial score (nSPS) is 14.4. The summed E-state index contributed by atoms with van der Waals surface area (Å²) in [5.74, 6) is 0. The zero-order chi connectivity index (χ0) is 13.9. The Hall–Kier alpha value is -1.45. The third-order valence-electron chi connectivity index (χ3n) is 3.42. The Kier molecular flexibility index (Phi) is 3.99. The molecule has 3 rings (SSSR count). The third kappa shape index (κ3) is 2.84. The Morgan fingerprint density at radius 3 is 2.95 bits per heavy atom. The van der Waals surface area contributed by atoms with Gasteiger partial charge in [-0.2, -0.15) is 0 Å². The van der Waals surface area contributed by atoms with Gasteiger partial charge in [-0.25, -0.2) is 4.98 Å². The maximum absolute atomic E-state index is 6.25. The molecule has 0 fully saturated rings. The quantitative estimate of drug-likeness (QED) is 0.842. The summed E-state index contributed by atoms with van der Waals surface area (Å²) in [5, 5.41) is 4.55. The predicted octanol–water partition coefficient (Wildman–Crippen LogP) is 4.21. The molecule has 0 spiro atoms. The van der Waals surface area contributed by atoms with E-state index in [4.69, 9.17) is 23.2 Å². The predicted molar refractivity (Wildman–Crippen MR) is 84.9 cm³/mol. The van der Waals surface area contributed by atoms with Crippen LogP contribution in [0.4, 0.5) is 11.4 Å². The van der Waals surface area contributed by atoms with Crippen molar-refractivity contribution in [2.24, 2.45) is 0 Å². The first kappa shape index (κ1) is 13.5. The van der Waals surface area contributed by atoms with Crippen molar-refractivity contribution in [2.75, 3.05) is 23.3 Å².